The molecule has 1 rings (SSSR count). The van der Waals surface area contributed by atoms with Gasteiger partial charge in [-0.25, -0.2) is 4.98 Å². The van der Waals surface area contributed by atoms with E-state index in [2.05, 4.69) is 39.7 Å². The summed E-state index contributed by atoms with van der Waals surface area (Å²) in [6, 6.07) is 2.33. The Morgan fingerprint density at radius 3 is 3.07 bits per heavy atom. The number of allylic oxidation sites excluding steroid dienone is 1. The second-order valence-electron chi connectivity index (χ2n) is 3.41. The zero-order chi connectivity index (χ0) is 11.3. The number of hydrogen-bond donors (Lipinski definition) is 1. The molecule has 1 aromatic heterocycles. The van der Waals surface area contributed by atoms with Gasteiger partial charge in [-0.3, -0.25) is 0 Å². The number of anilines is 1. The highest BCUT2D eigenvalue weighted by atomic mass is 79.9. The van der Waals surface area contributed by atoms with Crippen molar-refractivity contribution >= 4 is 33.2 Å². The number of hydrogen-bond acceptors (Lipinski definition) is 2. The molecule has 0 amide bonds. The maximum atomic E-state index is 5.80. The van der Waals surface area contributed by atoms with Crippen LogP contribution in [0.5, 0.6) is 0 Å². The van der Waals surface area contributed by atoms with Gasteiger partial charge in [-0.2, -0.15) is 0 Å². The predicted octanol–water partition coefficient (Wildman–Crippen LogP) is 4.26. The molecular formula is C11H14BrClN2. The molecule has 1 heterocycles. The first-order chi connectivity index (χ1) is 7.13. The summed E-state index contributed by atoms with van der Waals surface area (Å²) in [5.41, 5.74) is 0.975. The molecule has 15 heavy (non-hydrogen) atoms. The van der Waals surface area contributed by atoms with E-state index in [9.17, 15) is 0 Å². The molecule has 1 aromatic rings. The summed E-state index contributed by atoms with van der Waals surface area (Å²) in [5.74, 6) is 0. The Kier molecular flexibility index (Phi) is 5.12. The summed E-state index contributed by atoms with van der Waals surface area (Å²) in [4.78, 5) is 4.05. The summed E-state index contributed by atoms with van der Waals surface area (Å²) >= 11 is 9.14. The number of nitrogens with one attached hydrogen (secondary N) is 1. The van der Waals surface area contributed by atoms with E-state index < -0.39 is 0 Å². The molecule has 82 valence electrons. The molecule has 0 aliphatic carbocycles. The van der Waals surface area contributed by atoms with Crippen molar-refractivity contribution < 1.29 is 0 Å². The van der Waals surface area contributed by atoms with Crippen LogP contribution in [0.15, 0.2) is 29.4 Å². The van der Waals surface area contributed by atoms with Crippen LogP contribution < -0.4 is 5.32 Å². The van der Waals surface area contributed by atoms with Crippen LogP contribution in [-0.4, -0.2) is 11.0 Å². The molecule has 0 aliphatic heterocycles. The average Bonchev–Trinajstić information content (AvgIpc) is 2.20. The molecule has 0 fully saturated rings. The molecule has 1 atom stereocenters. The Bertz CT molecular complexity index is 341. The Morgan fingerprint density at radius 1 is 1.73 bits per heavy atom. The van der Waals surface area contributed by atoms with Gasteiger partial charge in [0.25, 0.3) is 0 Å². The van der Waals surface area contributed by atoms with Crippen molar-refractivity contribution in [3.8, 4) is 0 Å². The minimum Gasteiger partial charge on any atom is -0.381 e. The van der Waals surface area contributed by atoms with Crippen molar-refractivity contribution in [2.24, 2.45) is 0 Å². The Morgan fingerprint density at radius 2 is 2.47 bits per heavy atom. The first kappa shape index (κ1) is 12.5. The normalized spacial score (nSPS) is 12.2. The van der Waals surface area contributed by atoms with Crippen molar-refractivity contribution in [1.29, 1.82) is 0 Å². The smallest absolute Gasteiger partial charge is 0.143 e. The maximum absolute atomic E-state index is 5.80. The number of pyridine rings is 1. The predicted molar refractivity (Wildman–Crippen MR) is 69.5 cm³/mol. The fraction of sp³-hybridized carbons (Fsp3) is 0.364. The monoisotopic (exact) mass is 288 g/mol. The van der Waals surface area contributed by atoms with Crippen molar-refractivity contribution in [1.82, 2.24) is 4.98 Å². The van der Waals surface area contributed by atoms with Gasteiger partial charge < -0.3 is 5.32 Å². The summed E-state index contributed by atoms with van der Waals surface area (Å²) < 4.78 is 0.810. The molecule has 0 saturated carbocycles. The summed E-state index contributed by atoms with van der Waals surface area (Å²) in [6.45, 7) is 5.83. The second-order valence-corrected chi connectivity index (χ2v) is 4.62. The molecule has 0 aromatic carbocycles. The average molecular weight is 290 g/mol. The highest BCUT2D eigenvalue weighted by Gasteiger charge is 2.03. The number of nitrogens with zero attached hydrogens (tertiary/aromatic N) is 1. The summed E-state index contributed by atoms with van der Waals surface area (Å²) in [5, 5.41) is 3.83. The molecule has 1 unspecified atom stereocenters. The highest BCUT2D eigenvalue weighted by molar-refractivity contribution is 9.10. The van der Waals surface area contributed by atoms with E-state index in [1.165, 1.54) is 0 Å². The summed E-state index contributed by atoms with van der Waals surface area (Å²) in [7, 11) is 0. The third-order valence-corrected chi connectivity index (χ3v) is 3.15. The van der Waals surface area contributed by atoms with Crippen LogP contribution in [0.3, 0.4) is 0 Å². The Balaban J connectivity index is 2.56. The van der Waals surface area contributed by atoms with Gasteiger partial charge >= 0.3 is 0 Å². The third kappa shape index (κ3) is 4.22. The first-order valence-electron chi connectivity index (χ1n) is 4.82. The quantitative estimate of drug-likeness (QED) is 0.647. The van der Waals surface area contributed by atoms with Crippen LogP contribution in [0.4, 0.5) is 5.69 Å². The zero-order valence-electron chi connectivity index (χ0n) is 8.63. The van der Waals surface area contributed by atoms with E-state index in [4.69, 9.17) is 11.6 Å². The van der Waals surface area contributed by atoms with E-state index >= 15 is 0 Å². The Hall–Kier alpha value is -0.540. The Labute approximate surface area is 104 Å². The van der Waals surface area contributed by atoms with E-state index in [0.717, 1.165) is 23.0 Å². The lowest BCUT2D eigenvalue weighted by atomic mass is 10.2. The number of rotatable bonds is 5. The molecule has 0 saturated heterocycles. The topological polar surface area (TPSA) is 24.9 Å². The van der Waals surface area contributed by atoms with Crippen LogP contribution in [0.25, 0.3) is 0 Å². The molecule has 0 radical (unpaired) electrons. The lowest BCUT2D eigenvalue weighted by Gasteiger charge is -2.14. The highest BCUT2D eigenvalue weighted by Crippen LogP contribution is 2.23. The minimum atomic E-state index is 0.401. The lowest BCUT2D eigenvalue weighted by molar-refractivity contribution is 0.718. The molecule has 0 bridgehead atoms. The number of aromatic nitrogens is 1. The molecular weight excluding hydrogens is 275 g/mol. The minimum absolute atomic E-state index is 0.401. The van der Waals surface area contributed by atoms with Crippen molar-refractivity contribution in [2.75, 3.05) is 5.32 Å². The van der Waals surface area contributed by atoms with Gasteiger partial charge in [0.2, 0.25) is 0 Å². The van der Waals surface area contributed by atoms with E-state index in [0.29, 0.717) is 11.2 Å². The van der Waals surface area contributed by atoms with Gasteiger partial charge in [0.15, 0.2) is 0 Å². The first-order valence-corrected chi connectivity index (χ1v) is 5.99. The van der Waals surface area contributed by atoms with E-state index in [-0.39, 0.29) is 0 Å². The van der Waals surface area contributed by atoms with Crippen LogP contribution in [0, 0.1) is 0 Å². The summed E-state index contributed by atoms with van der Waals surface area (Å²) in [6.07, 6.45) is 5.73. The van der Waals surface area contributed by atoms with Crippen LogP contribution in [0.1, 0.15) is 19.8 Å². The van der Waals surface area contributed by atoms with E-state index in [1.54, 1.807) is 6.20 Å². The second kappa shape index (κ2) is 6.13. The molecule has 2 nitrogen and oxygen atoms in total. The van der Waals surface area contributed by atoms with Gasteiger partial charge in [-0.05, 0) is 41.8 Å². The maximum Gasteiger partial charge on any atom is 0.143 e. The SMILES string of the molecule is C=CCCC(C)Nc1cnc(Cl)c(Br)c1. The molecule has 4 heteroatoms. The van der Waals surface area contributed by atoms with Crippen molar-refractivity contribution in [2.45, 2.75) is 25.8 Å². The largest absolute Gasteiger partial charge is 0.381 e. The molecule has 0 aliphatic rings. The van der Waals surface area contributed by atoms with Gasteiger partial charge in [0, 0.05) is 6.04 Å². The van der Waals surface area contributed by atoms with Crippen molar-refractivity contribution in [3.05, 3.63) is 34.5 Å². The third-order valence-electron chi connectivity index (χ3n) is 2.01. The molecule has 1 N–H and O–H groups in total. The fourth-order valence-corrected chi connectivity index (χ4v) is 1.68. The van der Waals surface area contributed by atoms with Gasteiger partial charge in [-0.15, -0.1) is 6.58 Å². The fourth-order valence-electron chi connectivity index (χ4n) is 1.22. The lowest BCUT2D eigenvalue weighted by Crippen LogP contribution is -2.14. The van der Waals surface area contributed by atoms with Crippen LogP contribution in [0.2, 0.25) is 5.15 Å². The number of halogens is 2. The van der Waals surface area contributed by atoms with E-state index in [1.807, 2.05) is 12.1 Å². The van der Waals surface area contributed by atoms with Crippen LogP contribution in [-0.2, 0) is 0 Å². The van der Waals surface area contributed by atoms with Crippen molar-refractivity contribution in [3.63, 3.8) is 0 Å². The van der Waals surface area contributed by atoms with Crippen LogP contribution >= 0.6 is 27.5 Å². The standard InChI is InChI=1S/C11H14BrClN2/c1-3-4-5-8(2)15-9-6-10(12)11(13)14-7-9/h3,6-8,15H,1,4-5H2,2H3. The molecule has 0 spiro atoms. The van der Waals surface area contributed by atoms with Gasteiger partial charge in [-0.1, -0.05) is 17.7 Å². The van der Waals surface area contributed by atoms with Gasteiger partial charge in [0.05, 0.1) is 16.4 Å². The zero-order valence-corrected chi connectivity index (χ0v) is 11.0. The van der Waals surface area contributed by atoms with Gasteiger partial charge in [0.1, 0.15) is 5.15 Å².